The molecule has 2 aliphatic rings. The lowest BCUT2D eigenvalue weighted by atomic mass is 10.2. The summed E-state index contributed by atoms with van der Waals surface area (Å²) in [5.74, 6) is 1.03. The first-order valence-corrected chi connectivity index (χ1v) is 12.4. The molecule has 8 heteroatoms. The van der Waals surface area contributed by atoms with Crippen LogP contribution in [0.2, 0.25) is 0 Å². The van der Waals surface area contributed by atoms with E-state index < -0.39 is 9.84 Å². The topological polar surface area (TPSA) is 70.5 Å². The van der Waals surface area contributed by atoms with Crippen LogP contribution >= 0.6 is 0 Å². The fourth-order valence-corrected chi connectivity index (χ4v) is 5.09. The summed E-state index contributed by atoms with van der Waals surface area (Å²) in [5.41, 5.74) is 2.13. The molecule has 2 aliphatic heterocycles. The highest BCUT2D eigenvalue weighted by molar-refractivity contribution is 7.90. The molecule has 0 bridgehead atoms. The summed E-state index contributed by atoms with van der Waals surface area (Å²) in [6.45, 7) is 5.61. The number of piperazine rings is 1. The van der Waals surface area contributed by atoms with E-state index in [1.807, 2.05) is 12.1 Å². The van der Waals surface area contributed by atoms with Gasteiger partial charge in [-0.2, -0.15) is 0 Å². The SMILES string of the molecule is CS(=O)(=O)c1ccc(N2CCN(c3ccc4ccn([C@@H]5CCNC5)c4n3)CC2)cc1. The summed E-state index contributed by atoms with van der Waals surface area (Å²) in [6.07, 6.45) is 4.55. The number of nitrogens with one attached hydrogen (secondary N) is 1. The molecule has 2 aromatic heterocycles. The first-order valence-electron chi connectivity index (χ1n) is 10.5. The van der Waals surface area contributed by atoms with Gasteiger partial charge in [0.25, 0.3) is 0 Å². The van der Waals surface area contributed by atoms with Gasteiger partial charge in [-0.15, -0.1) is 0 Å². The van der Waals surface area contributed by atoms with E-state index in [2.05, 4.69) is 44.1 Å². The van der Waals surface area contributed by atoms with Crippen molar-refractivity contribution in [2.75, 3.05) is 55.3 Å². The van der Waals surface area contributed by atoms with Crippen LogP contribution in [0.5, 0.6) is 0 Å². The molecular weight excluding hydrogens is 398 g/mol. The number of aromatic nitrogens is 2. The second kappa shape index (κ2) is 7.59. The first-order chi connectivity index (χ1) is 14.5. The first kappa shape index (κ1) is 19.4. The molecule has 0 radical (unpaired) electrons. The van der Waals surface area contributed by atoms with Crippen molar-refractivity contribution in [3.05, 3.63) is 48.7 Å². The summed E-state index contributed by atoms with van der Waals surface area (Å²) in [4.78, 5) is 10.0. The largest absolute Gasteiger partial charge is 0.368 e. The Morgan fingerprint density at radius 1 is 0.967 bits per heavy atom. The molecule has 1 aromatic carbocycles. The molecule has 5 rings (SSSR count). The van der Waals surface area contributed by atoms with Crippen molar-refractivity contribution in [2.45, 2.75) is 17.4 Å². The molecule has 1 N–H and O–H groups in total. The molecule has 3 aromatic rings. The molecule has 0 aliphatic carbocycles. The van der Waals surface area contributed by atoms with Crippen LogP contribution in [0.4, 0.5) is 11.5 Å². The highest BCUT2D eigenvalue weighted by Gasteiger charge is 2.21. The predicted molar refractivity (Wildman–Crippen MR) is 120 cm³/mol. The predicted octanol–water partition coefficient (Wildman–Crippen LogP) is 2.30. The number of nitrogens with zero attached hydrogens (tertiary/aromatic N) is 4. The van der Waals surface area contributed by atoms with Gasteiger partial charge in [0.2, 0.25) is 0 Å². The molecule has 0 saturated carbocycles. The van der Waals surface area contributed by atoms with E-state index >= 15 is 0 Å². The van der Waals surface area contributed by atoms with Crippen LogP contribution in [-0.4, -0.2) is 63.5 Å². The lowest BCUT2D eigenvalue weighted by Crippen LogP contribution is -2.46. The van der Waals surface area contributed by atoms with Crippen LogP contribution in [0.1, 0.15) is 12.5 Å². The molecule has 0 amide bonds. The third kappa shape index (κ3) is 3.65. The summed E-state index contributed by atoms with van der Waals surface area (Å²) >= 11 is 0. The maximum atomic E-state index is 11.7. The van der Waals surface area contributed by atoms with Gasteiger partial charge in [0.05, 0.1) is 4.90 Å². The summed E-state index contributed by atoms with van der Waals surface area (Å²) in [7, 11) is -3.16. The van der Waals surface area contributed by atoms with E-state index in [9.17, 15) is 8.42 Å². The van der Waals surface area contributed by atoms with Crippen LogP contribution in [0.3, 0.4) is 0 Å². The summed E-state index contributed by atoms with van der Waals surface area (Å²) in [5, 5.41) is 4.63. The maximum Gasteiger partial charge on any atom is 0.175 e. The lowest BCUT2D eigenvalue weighted by molar-refractivity contribution is 0.561. The number of hydrogen-bond acceptors (Lipinski definition) is 6. The highest BCUT2D eigenvalue weighted by Crippen LogP contribution is 2.26. The Bertz CT molecular complexity index is 1140. The monoisotopic (exact) mass is 425 g/mol. The molecule has 158 valence electrons. The smallest absolute Gasteiger partial charge is 0.175 e. The van der Waals surface area contributed by atoms with E-state index in [4.69, 9.17) is 4.98 Å². The molecule has 4 heterocycles. The average molecular weight is 426 g/mol. The van der Waals surface area contributed by atoms with Crippen LogP contribution in [0, 0.1) is 0 Å². The van der Waals surface area contributed by atoms with Crippen molar-refractivity contribution in [1.29, 1.82) is 0 Å². The van der Waals surface area contributed by atoms with E-state index in [1.165, 1.54) is 11.6 Å². The molecule has 7 nitrogen and oxygen atoms in total. The van der Waals surface area contributed by atoms with Gasteiger partial charge in [-0.05, 0) is 55.4 Å². The Morgan fingerprint density at radius 2 is 1.70 bits per heavy atom. The Kier molecular flexibility index (Phi) is 4.91. The molecule has 0 unspecified atom stereocenters. The second-order valence-electron chi connectivity index (χ2n) is 8.19. The standard InChI is InChI=1S/C22H27N5O2S/c1-30(28,29)20-5-3-18(4-6-20)25-12-14-26(15-13-25)21-7-2-17-9-11-27(22(17)24-21)19-8-10-23-16-19/h2-7,9,11,19,23H,8,10,12-16H2,1H3/t19-/m1/s1. The van der Waals surface area contributed by atoms with Crippen molar-refractivity contribution < 1.29 is 8.42 Å². The fraction of sp³-hybridized carbons (Fsp3) is 0.409. The number of rotatable bonds is 4. The van der Waals surface area contributed by atoms with Crippen molar-refractivity contribution in [1.82, 2.24) is 14.9 Å². The van der Waals surface area contributed by atoms with E-state index in [0.29, 0.717) is 10.9 Å². The van der Waals surface area contributed by atoms with Crippen LogP contribution in [0.25, 0.3) is 11.0 Å². The van der Waals surface area contributed by atoms with Crippen molar-refractivity contribution in [2.24, 2.45) is 0 Å². The third-order valence-electron chi connectivity index (χ3n) is 6.21. The van der Waals surface area contributed by atoms with Crippen molar-refractivity contribution >= 4 is 32.4 Å². The van der Waals surface area contributed by atoms with Gasteiger partial charge in [-0.25, -0.2) is 13.4 Å². The summed E-state index contributed by atoms with van der Waals surface area (Å²) in [6, 6.07) is 14.1. The normalized spacial score (nSPS) is 20.2. The minimum atomic E-state index is -3.16. The Balaban J connectivity index is 1.30. The van der Waals surface area contributed by atoms with E-state index in [0.717, 1.165) is 62.8 Å². The van der Waals surface area contributed by atoms with E-state index in [-0.39, 0.29) is 0 Å². The maximum absolute atomic E-state index is 11.7. The van der Waals surface area contributed by atoms with Gasteiger partial charge in [-0.1, -0.05) is 0 Å². The van der Waals surface area contributed by atoms with Gasteiger partial charge in [0.1, 0.15) is 11.5 Å². The number of pyridine rings is 1. The van der Waals surface area contributed by atoms with E-state index in [1.54, 1.807) is 12.1 Å². The summed E-state index contributed by atoms with van der Waals surface area (Å²) < 4.78 is 25.7. The van der Waals surface area contributed by atoms with Crippen LogP contribution in [-0.2, 0) is 9.84 Å². The number of sulfone groups is 1. The third-order valence-corrected chi connectivity index (χ3v) is 7.34. The number of anilines is 2. The lowest BCUT2D eigenvalue weighted by Gasteiger charge is -2.36. The molecule has 2 fully saturated rings. The molecule has 2 saturated heterocycles. The second-order valence-corrected chi connectivity index (χ2v) is 10.2. The fourth-order valence-electron chi connectivity index (χ4n) is 4.46. The number of benzene rings is 1. The quantitative estimate of drug-likeness (QED) is 0.692. The van der Waals surface area contributed by atoms with Gasteiger partial charge in [0.15, 0.2) is 9.84 Å². The van der Waals surface area contributed by atoms with Gasteiger partial charge in [-0.3, -0.25) is 0 Å². The van der Waals surface area contributed by atoms with Crippen LogP contribution in [0.15, 0.2) is 53.6 Å². The average Bonchev–Trinajstić information content (AvgIpc) is 3.42. The zero-order valence-electron chi connectivity index (χ0n) is 17.2. The van der Waals surface area contributed by atoms with Gasteiger partial charge in [0, 0.05) is 62.3 Å². The van der Waals surface area contributed by atoms with Crippen molar-refractivity contribution in [3.63, 3.8) is 0 Å². The van der Waals surface area contributed by atoms with Gasteiger partial charge >= 0.3 is 0 Å². The molecular formula is C22H27N5O2S. The Hall–Kier alpha value is -2.58. The number of hydrogen-bond donors (Lipinski definition) is 1. The van der Waals surface area contributed by atoms with Gasteiger partial charge < -0.3 is 19.7 Å². The zero-order valence-corrected chi connectivity index (χ0v) is 18.0. The van der Waals surface area contributed by atoms with Crippen LogP contribution < -0.4 is 15.1 Å². The van der Waals surface area contributed by atoms with Crippen molar-refractivity contribution in [3.8, 4) is 0 Å². The minimum Gasteiger partial charge on any atom is -0.368 e. The minimum absolute atomic E-state index is 0.364. The highest BCUT2D eigenvalue weighted by atomic mass is 32.2. The molecule has 1 atom stereocenters. The Morgan fingerprint density at radius 3 is 2.37 bits per heavy atom. The Labute approximate surface area is 177 Å². The zero-order chi connectivity index (χ0) is 20.7. The molecule has 0 spiro atoms. The molecule has 30 heavy (non-hydrogen) atoms. The number of fused-ring (bicyclic) bond motifs is 1.